The van der Waals surface area contributed by atoms with E-state index in [9.17, 15) is 4.79 Å². The number of pyridine rings is 1. The molecule has 0 unspecified atom stereocenters. The zero-order valence-electron chi connectivity index (χ0n) is 5.73. The second kappa shape index (κ2) is 3.68. The van der Waals surface area contributed by atoms with Crippen LogP contribution in [0.15, 0.2) is 24.5 Å². The smallest absolute Gasteiger partial charge is 0.337 e. The first-order valence-corrected chi connectivity index (χ1v) is 3.04. The van der Waals surface area contributed by atoms with Gasteiger partial charge in [0, 0.05) is 12.4 Å². The third-order valence-electron chi connectivity index (χ3n) is 1.01. The van der Waals surface area contributed by atoms with Gasteiger partial charge < -0.3 is 9.84 Å². The standard InChI is InChI=1S/C7H7NO3/c9-5-7(10)11-6-1-3-8-4-2-6/h1-4,9H,5H2. The monoisotopic (exact) mass is 153 g/mol. The van der Waals surface area contributed by atoms with Crippen LogP contribution in [0.2, 0.25) is 0 Å². The van der Waals surface area contributed by atoms with E-state index in [1.165, 1.54) is 24.5 Å². The summed E-state index contributed by atoms with van der Waals surface area (Å²) in [6.07, 6.45) is 3.00. The molecule has 1 aromatic heterocycles. The van der Waals surface area contributed by atoms with Crippen LogP contribution in [0.3, 0.4) is 0 Å². The molecule has 0 fully saturated rings. The normalized spacial score (nSPS) is 9.18. The lowest BCUT2D eigenvalue weighted by Crippen LogP contribution is -2.11. The number of carbonyl (C=O) groups excluding carboxylic acids is 1. The maximum absolute atomic E-state index is 10.5. The molecule has 4 heteroatoms. The Balaban J connectivity index is 2.58. The van der Waals surface area contributed by atoms with E-state index in [1.807, 2.05) is 0 Å². The molecule has 0 amide bonds. The molecule has 4 nitrogen and oxygen atoms in total. The predicted octanol–water partition coefficient (Wildman–Crippen LogP) is -0.0207. The van der Waals surface area contributed by atoms with Crippen molar-refractivity contribution < 1.29 is 14.6 Å². The van der Waals surface area contributed by atoms with Crippen LogP contribution in [0.25, 0.3) is 0 Å². The summed E-state index contributed by atoms with van der Waals surface area (Å²) in [5, 5.41) is 8.31. The van der Waals surface area contributed by atoms with Gasteiger partial charge in [-0.1, -0.05) is 0 Å². The van der Waals surface area contributed by atoms with Crippen molar-refractivity contribution >= 4 is 5.97 Å². The molecule has 0 saturated carbocycles. The van der Waals surface area contributed by atoms with Crippen molar-refractivity contribution in [3.8, 4) is 5.75 Å². The van der Waals surface area contributed by atoms with E-state index >= 15 is 0 Å². The van der Waals surface area contributed by atoms with Crippen molar-refractivity contribution in [2.24, 2.45) is 0 Å². The van der Waals surface area contributed by atoms with Crippen molar-refractivity contribution in [2.45, 2.75) is 0 Å². The van der Waals surface area contributed by atoms with Gasteiger partial charge in [-0.2, -0.15) is 0 Å². The zero-order chi connectivity index (χ0) is 8.10. The highest BCUT2D eigenvalue weighted by Crippen LogP contribution is 2.05. The fourth-order valence-electron chi connectivity index (χ4n) is 0.570. The van der Waals surface area contributed by atoms with Crippen LogP contribution in [-0.4, -0.2) is 22.7 Å². The molecule has 1 aromatic rings. The Labute approximate surface area is 63.5 Å². The number of ether oxygens (including phenoxy) is 1. The quantitative estimate of drug-likeness (QED) is 0.606. The van der Waals surface area contributed by atoms with Gasteiger partial charge in [-0.3, -0.25) is 4.98 Å². The van der Waals surface area contributed by atoms with Gasteiger partial charge in [0.2, 0.25) is 0 Å². The van der Waals surface area contributed by atoms with Gasteiger partial charge in [-0.05, 0) is 12.1 Å². The third-order valence-corrected chi connectivity index (χ3v) is 1.01. The number of aromatic nitrogens is 1. The average Bonchev–Trinajstić information content (AvgIpc) is 2.06. The maximum atomic E-state index is 10.5. The lowest BCUT2D eigenvalue weighted by Gasteiger charge is -1.99. The summed E-state index contributed by atoms with van der Waals surface area (Å²) in [7, 11) is 0. The van der Waals surface area contributed by atoms with Crippen molar-refractivity contribution in [3.05, 3.63) is 24.5 Å². The minimum atomic E-state index is -0.670. The van der Waals surface area contributed by atoms with Crippen LogP contribution in [0.4, 0.5) is 0 Å². The number of carbonyl (C=O) groups is 1. The number of hydrogen-bond donors (Lipinski definition) is 1. The molecule has 0 aliphatic carbocycles. The summed E-state index contributed by atoms with van der Waals surface area (Å²) in [4.78, 5) is 14.2. The second-order valence-electron chi connectivity index (χ2n) is 1.82. The third kappa shape index (κ3) is 2.35. The van der Waals surface area contributed by atoms with Crippen LogP contribution >= 0.6 is 0 Å². The molecule has 11 heavy (non-hydrogen) atoms. The molecule has 1 heterocycles. The van der Waals surface area contributed by atoms with Gasteiger partial charge in [0.05, 0.1) is 0 Å². The highest BCUT2D eigenvalue weighted by Gasteiger charge is 1.99. The first-order valence-electron chi connectivity index (χ1n) is 3.04. The molecule has 0 bridgehead atoms. The lowest BCUT2D eigenvalue weighted by atomic mass is 10.4. The average molecular weight is 153 g/mol. The van der Waals surface area contributed by atoms with Gasteiger partial charge >= 0.3 is 5.97 Å². The van der Waals surface area contributed by atoms with Crippen molar-refractivity contribution in [1.82, 2.24) is 4.98 Å². The van der Waals surface area contributed by atoms with Gasteiger partial charge in [-0.15, -0.1) is 0 Å². The number of nitrogens with zero attached hydrogens (tertiary/aromatic N) is 1. The molecule has 1 rings (SSSR count). The zero-order valence-corrected chi connectivity index (χ0v) is 5.73. The van der Waals surface area contributed by atoms with Gasteiger partial charge in [0.25, 0.3) is 0 Å². The highest BCUT2D eigenvalue weighted by atomic mass is 16.5. The summed E-state index contributed by atoms with van der Waals surface area (Å²) in [5.74, 6) is -0.282. The topological polar surface area (TPSA) is 59.4 Å². The van der Waals surface area contributed by atoms with Gasteiger partial charge in [-0.25, -0.2) is 4.79 Å². The summed E-state index contributed by atoms with van der Waals surface area (Å²) < 4.78 is 4.63. The molecule has 0 aliphatic heterocycles. The van der Waals surface area contributed by atoms with Crippen molar-refractivity contribution in [3.63, 3.8) is 0 Å². The molecular weight excluding hydrogens is 146 g/mol. The summed E-state index contributed by atoms with van der Waals surface area (Å²) in [5.41, 5.74) is 0. The maximum Gasteiger partial charge on any atom is 0.337 e. The first-order chi connectivity index (χ1) is 5.33. The molecule has 0 aliphatic rings. The minimum absolute atomic E-state index is 0.388. The van der Waals surface area contributed by atoms with Crippen LogP contribution in [0.5, 0.6) is 5.75 Å². The lowest BCUT2D eigenvalue weighted by molar-refractivity contribution is -0.137. The van der Waals surface area contributed by atoms with E-state index in [0.717, 1.165) is 0 Å². The fraction of sp³-hybridized carbons (Fsp3) is 0.143. The minimum Gasteiger partial charge on any atom is -0.425 e. The Morgan fingerprint density at radius 1 is 1.55 bits per heavy atom. The number of aliphatic hydroxyl groups excluding tert-OH is 1. The second-order valence-corrected chi connectivity index (χ2v) is 1.82. The van der Waals surface area contributed by atoms with E-state index in [1.54, 1.807) is 0 Å². The van der Waals surface area contributed by atoms with Gasteiger partial charge in [0.1, 0.15) is 12.4 Å². The Kier molecular flexibility index (Phi) is 2.57. The Morgan fingerprint density at radius 3 is 2.73 bits per heavy atom. The SMILES string of the molecule is O=C(CO)Oc1ccncc1. The molecular formula is C7H7NO3. The van der Waals surface area contributed by atoms with Crippen LogP contribution in [0, 0.1) is 0 Å². The van der Waals surface area contributed by atoms with Crippen LogP contribution < -0.4 is 4.74 Å². The van der Waals surface area contributed by atoms with Gasteiger partial charge in [0.15, 0.2) is 0 Å². The predicted molar refractivity (Wildman–Crippen MR) is 37.0 cm³/mol. The molecule has 58 valence electrons. The molecule has 0 aromatic carbocycles. The Bertz CT molecular complexity index is 235. The van der Waals surface area contributed by atoms with E-state index in [4.69, 9.17) is 5.11 Å². The molecule has 0 saturated heterocycles. The Hall–Kier alpha value is -1.42. The molecule has 0 radical (unpaired) electrons. The summed E-state index contributed by atoms with van der Waals surface area (Å²) in [6, 6.07) is 3.07. The summed E-state index contributed by atoms with van der Waals surface area (Å²) >= 11 is 0. The highest BCUT2D eigenvalue weighted by molar-refractivity contribution is 5.73. The van der Waals surface area contributed by atoms with E-state index in [-0.39, 0.29) is 0 Å². The fourth-order valence-corrected chi connectivity index (χ4v) is 0.570. The molecule has 1 N–H and O–H groups in total. The van der Waals surface area contributed by atoms with Crippen LogP contribution in [0.1, 0.15) is 0 Å². The number of hydrogen-bond acceptors (Lipinski definition) is 4. The molecule has 0 atom stereocenters. The van der Waals surface area contributed by atoms with Crippen LogP contribution in [-0.2, 0) is 4.79 Å². The summed E-state index contributed by atoms with van der Waals surface area (Å²) in [6.45, 7) is -0.609. The van der Waals surface area contributed by atoms with E-state index < -0.39 is 12.6 Å². The number of aliphatic hydroxyl groups is 1. The number of rotatable bonds is 2. The first kappa shape index (κ1) is 7.68. The van der Waals surface area contributed by atoms with Crippen molar-refractivity contribution in [1.29, 1.82) is 0 Å². The van der Waals surface area contributed by atoms with E-state index in [2.05, 4.69) is 9.72 Å². The van der Waals surface area contributed by atoms with E-state index in [0.29, 0.717) is 5.75 Å². The number of esters is 1. The van der Waals surface area contributed by atoms with Crippen molar-refractivity contribution in [2.75, 3.05) is 6.61 Å². The Morgan fingerprint density at radius 2 is 2.18 bits per heavy atom. The largest absolute Gasteiger partial charge is 0.425 e. The molecule has 0 spiro atoms.